The first-order valence-electron chi connectivity index (χ1n) is 8.51. The molecule has 1 N–H and O–H groups in total. The molecule has 154 valence electrons. The Labute approximate surface area is 186 Å². The second kappa shape index (κ2) is 11.2. The van der Waals surface area contributed by atoms with Gasteiger partial charge >= 0.3 is 5.97 Å². The summed E-state index contributed by atoms with van der Waals surface area (Å²) in [6, 6.07) is 12.3. The van der Waals surface area contributed by atoms with Gasteiger partial charge < -0.3 is 14.7 Å². The average molecular weight is 501 g/mol. The molecule has 1 unspecified atom stereocenters. The largest absolute Gasteiger partial charge is 0.482 e. The van der Waals surface area contributed by atoms with Crippen LogP contribution in [0.2, 0.25) is 5.02 Å². The number of carbonyl (C=O) groups is 3. The van der Waals surface area contributed by atoms with E-state index in [1.807, 2.05) is 12.1 Å². The summed E-state index contributed by atoms with van der Waals surface area (Å²) in [5.41, 5.74) is 2.18. The first-order chi connectivity index (χ1) is 13.8. The van der Waals surface area contributed by atoms with Crippen LogP contribution in [0.3, 0.4) is 0 Å². The standard InChI is InChI=1S/C20H19BrClNO5S/c1-23(10-13-2-5-16(22)6-3-13)20(27)18(29-12-24)9-14-8-15(21)4-7-17(14)28-11-19(25)26/h2-8,12,18H,9-11H2,1H3,(H,25,26). The molecule has 0 heterocycles. The molecule has 0 fully saturated rings. The fourth-order valence-electron chi connectivity index (χ4n) is 2.64. The van der Waals surface area contributed by atoms with Crippen molar-refractivity contribution >= 4 is 56.8 Å². The van der Waals surface area contributed by atoms with Crippen molar-refractivity contribution < 1.29 is 24.2 Å². The zero-order valence-corrected chi connectivity index (χ0v) is 18.7. The summed E-state index contributed by atoms with van der Waals surface area (Å²) in [5, 5.41) is 8.79. The Morgan fingerprint density at radius 1 is 1.28 bits per heavy atom. The molecule has 6 nitrogen and oxygen atoms in total. The Hall–Kier alpha value is -2.03. The quantitative estimate of drug-likeness (QED) is 0.495. The van der Waals surface area contributed by atoms with Crippen LogP contribution in [0.4, 0.5) is 0 Å². The summed E-state index contributed by atoms with van der Waals surface area (Å²) in [6.45, 7) is -0.128. The van der Waals surface area contributed by atoms with Crippen LogP contribution in [0, 0.1) is 0 Å². The Balaban J connectivity index is 2.17. The van der Waals surface area contributed by atoms with Crippen LogP contribution >= 0.6 is 39.3 Å². The molecule has 0 saturated heterocycles. The van der Waals surface area contributed by atoms with Crippen LogP contribution in [0.15, 0.2) is 46.9 Å². The minimum Gasteiger partial charge on any atom is -0.482 e. The van der Waals surface area contributed by atoms with Gasteiger partial charge in [0.25, 0.3) is 0 Å². The first-order valence-corrected chi connectivity index (χ1v) is 10.6. The van der Waals surface area contributed by atoms with Gasteiger partial charge in [0.05, 0.1) is 5.25 Å². The molecule has 1 atom stereocenters. The molecule has 0 radical (unpaired) electrons. The minimum atomic E-state index is -1.10. The summed E-state index contributed by atoms with van der Waals surface area (Å²) in [5.74, 6) is -0.960. The van der Waals surface area contributed by atoms with E-state index in [1.165, 1.54) is 0 Å². The van der Waals surface area contributed by atoms with Gasteiger partial charge in [-0.25, -0.2) is 4.79 Å². The highest BCUT2D eigenvalue weighted by Gasteiger charge is 2.25. The molecule has 2 aromatic carbocycles. The van der Waals surface area contributed by atoms with Gasteiger partial charge in [-0.05, 0) is 47.9 Å². The molecule has 1 amide bonds. The Morgan fingerprint density at radius 2 is 1.97 bits per heavy atom. The van der Waals surface area contributed by atoms with Crippen LogP contribution in [0.5, 0.6) is 5.75 Å². The van der Waals surface area contributed by atoms with Crippen molar-refractivity contribution in [2.75, 3.05) is 13.7 Å². The topological polar surface area (TPSA) is 83.9 Å². The summed E-state index contributed by atoms with van der Waals surface area (Å²) < 4.78 is 6.08. The van der Waals surface area contributed by atoms with E-state index in [0.29, 0.717) is 28.5 Å². The van der Waals surface area contributed by atoms with Crippen molar-refractivity contribution in [1.82, 2.24) is 4.90 Å². The fraction of sp³-hybridized carbons (Fsp3) is 0.250. The van der Waals surface area contributed by atoms with Gasteiger partial charge in [-0.15, -0.1) is 0 Å². The number of carboxylic acid groups (broad SMARTS) is 1. The maximum Gasteiger partial charge on any atom is 0.341 e. The number of carbonyl (C=O) groups excluding carboxylic acids is 2. The van der Waals surface area contributed by atoms with Crippen LogP contribution < -0.4 is 4.74 Å². The predicted octanol–water partition coefficient (Wildman–Crippen LogP) is 4.06. The van der Waals surface area contributed by atoms with E-state index in [2.05, 4.69) is 15.9 Å². The highest BCUT2D eigenvalue weighted by molar-refractivity contribution is 9.10. The van der Waals surface area contributed by atoms with E-state index in [1.54, 1.807) is 42.3 Å². The molecule has 0 aliphatic carbocycles. The lowest BCUT2D eigenvalue weighted by atomic mass is 10.1. The molecule has 0 saturated carbocycles. The SMILES string of the molecule is CN(Cc1ccc(Cl)cc1)C(=O)C(Cc1cc(Br)ccc1OCC(=O)O)SC=O. The summed E-state index contributed by atoms with van der Waals surface area (Å²) in [7, 11) is 1.66. The number of carboxylic acids is 1. The second-order valence-corrected chi connectivity index (χ2v) is 8.57. The molecule has 0 aromatic heterocycles. The lowest BCUT2D eigenvalue weighted by molar-refractivity contribution is -0.139. The van der Waals surface area contributed by atoms with Gasteiger partial charge in [0.15, 0.2) is 12.2 Å². The van der Waals surface area contributed by atoms with E-state index in [-0.39, 0.29) is 12.3 Å². The third kappa shape index (κ3) is 7.38. The number of hydrogen-bond acceptors (Lipinski definition) is 5. The van der Waals surface area contributed by atoms with E-state index >= 15 is 0 Å². The van der Waals surface area contributed by atoms with Crippen LogP contribution in [0.1, 0.15) is 11.1 Å². The molecule has 0 spiro atoms. The van der Waals surface area contributed by atoms with Crippen molar-refractivity contribution in [2.45, 2.75) is 18.2 Å². The maximum absolute atomic E-state index is 12.9. The van der Waals surface area contributed by atoms with Gasteiger partial charge in [-0.3, -0.25) is 9.59 Å². The number of ether oxygens (including phenoxy) is 1. The molecule has 2 aromatic rings. The normalized spacial score (nSPS) is 11.6. The van der Waals surface area contributed by atoms with E-state index in [9.17, 15) is 14.4 Å². The van der Waals surface area contributed by atoms with Crippen molar-refractivity contribution in [3.63, 3.8) is 0 Å². The predicted molar refractivity (Wildman–Crippen MR) is 117 cm³/mol. The first kappa shape index (κ1) is 23.3. The number of benzene rings is 2. The molecule has 0 bridgehead atoms. The summed E-state index contributed by atoms with van der Waals surface area (Å²) in [6.07, 6.45) is 0.210. The van der Waals surface area contributed by atoms with Gasteiger partial charge in [0.2, 0.25) is 5.91 Å². The lowest BCUT2D eigenvalue weighted by Gasteiger charge is -2.23. The molecule has 0 aliphatic heterocycles. The van der Waals surface area contributed by atoms with Gasteiger partial charge in [0.1, 0.15) is 5.75 Å². The highest BCUT2D eigenvalue weighted by Crippen LogP contribution is 2.28. The Bertz CT molecular complexity index is 878. The number of rotatable bonds is 10. The van der Waals surface area contributed by atoms with Crippen molar-refractivity contribution in [2.24, 2.45) is 0 Å². The van der Waals surface area contributed by atoms with Crippen LogP contribution in [-0.2, 0) is 27.3 Å². The van der Waals surface area contributed by atoms with E-state index < -0.39 is 17.8 Å². The average Bonchev–Trinajstić information content (AvgIpc) is 2.68. The second-order valence-electron chi connectivity index (χ2n) is 6.18. The summed E-state index contributed by atoms with van der Waals surface area (Å²) in [4.78, 5) is 36.5. The molecule has 9 heteroatoms. The molecule has 0 aliphatic rings. The molecular weight excluding hydrogens is 482 g/mol. The third-order valence-electron chi connectivity index (χ3n) is 3.98. The minimum absolute atomic E-state index is 0.210. The van der Waals surface area contributed by atoms with Crippen LogP contribution in [0.25, 0.3) is 0 Å². The smallest absolute Gasteiger partial charge is 0.341 e. The fourth-order valence-corrected chi connectivity index (χ4v) is 3.88. The molecule has 2 rings (SSSR count). The number of amides is 1. The number of nitrogens with zero attached hydrogens (tertiary/aromatic N) is 1. The van der Waals surface area contributed by atoms with E-state index in [0.717, 1.165) is 21.8 Å². The maximum atomic E-state index is 12.9. The Kier molecular flexibility index (Phi) is 9.00. The van der Waals surface area contributed by atoms with Gasteiger partial charge in [-0.1, -0.05) is 51.4 Å². The zero-order chi connectivity index (χ0) is 21.4. The number of hydrogen-bond donors (Lipinski definition) is 1. The molecular formula is C20H19BrClNO5S. The van der Waals surface area contributed by atoms with Crippen molar-refractivity contribution in [3.8, 4) is 5.75 Å². The summed E-state index contributed by atoms with van der Waals surface area (Å²) >= 11 is 10.1. The molecule has 29 heavy (non-hydrogen) atoms. The number of thioether (sulfide) groups is 1. The highest BCUT2D eigenvalue weighted by atomic mass is 79.9. The van der Waals surface area contributed by atoms with Gasteiger partial charge in [0, 0.05) is 23.1 Å². The third-order valence-corrected chi connectivity index (χ3v) is 5.54. The van der Waals surface area contributed by atoms with Crippen molar-refractivity contribution in [3.05, 3.63) is 63.1 Å². The van der Waals surface area contributed by atoms with Gasteiger partial charge in [-0.2, -0.15) is 0 Å². The monoisotopic (exact) mass is 499 g/mol. The van der Waals surface area contributed by atoms with Crippen molar-refractivity contribution in [1.29, 1.82) is 0 Å². The van der Waals surface area contributed by atoms with E-state index in [4.69, 9.17) is 21.4 Å². The number of aliphatic carboxylic acids is 1. The lowest BCUT2D eigenvalue weighted by Crippen LogP contribution is -2.35. The Morgan fingerprint density at radius 3 is 2.59 bits per heavy atom. The van der Waals surface area contributed by atoms with Crippen LogP contribution in [-0.4, -0.2) is 46.4 Å². The number of halogens is 2. The zero-order valence-electron chi connectivity index (χ0n) is 15.5.